The highest BCUT2D eigenvalue weighted by Gasteiger charge is 2.31. The van der Waals surface area contributed by atoms with E-state index < -0.39 is 48.4 Å². The van der Waals surface area contributed by atoms with Crippen LogP contribution in [0.2, 0.25) is 0 Å². The van der Waals surface area contributed by atoms with Crippen LogP contribution in [0.1, 0.15) is 38.8 Å². The Kier molecular flexibility index (Phi) is 11.4. The van der Waals surface area contributed by atoms with Crippen LogP contribution in [-0.4, -0.2) is 72.6 Å². The molecule has 0 fully saturated rings. The van der Waals surface area contributed by atoms with E-state index in [0.717, 1.165) is 11.1 Å². The molecule has 2 aromatic carbocycles. The quantitative estimate of drug-likeness (QED) is 0.408. The summed E-state index contributed by atoms with van der Waals surface area (Å²) in [5.41, 5.74) is 0.896. The molecule has 2 aromatic rings. The summed E-state index contributed by atoms with van der Waals surface area (Å²) in [7, 11) is 3.06. The van der Waals surface area contributed by atoms with E-state index in [4.69, 9.17) is 14.2 Å². The van der Waals surface area contributed by atoms with Crippen molar-refractivity contribution in [3.63, 3.8) is 0 Å². The molecule has 0 radical (unpaired) electrons. The summed E-state index contributed by atoms with van der Waals surface area (Å²) in [6.45, 7) is 6.45. The van der Waals surface area contributed by atoms with Crippen molar-refractivity contribution < 1.29 is 33.7 Å². The number of carbonyl (C=O) groups excluding carboxylic acids is 3. The Labute approximate surface area is 224 Å². The van der Waals surface area contributed by atoms with Crippen LogP contribution in [0, 0.1) is 0 Å². The number of ether oxygens (including phenoxy) is 3. The van der Waals surface area contributed by atoms with Gasteiger partial charge in [-0.3, -0.25) is 9.69 Å². The molecule has 3 N–H and O–H groups in total. The van der Waals surface area contributed by atoms with Crippen molar-refractivity contribution >= 4 is 18.1 Å². The maximum atomic E-state index is 13.4. The lowest BCUT2D eigenvalue weighted by atomic mass is 10.0. The summed E-state index contributed by atoms with van der Waals surface area (Å²) in [4.78, 5) is 39.8. The predicted octanol–water partition coefficient (Wildman–Crippen LogP) is 3.27. The van der Waals surface area contributed by atoms with E-state index in [1.165, 1.54) is 11.9 Å². The molecule has 0 aromatic heterocycles. The van der Waals surface area contributed by atoms with Gasteiger partial charge in [0.15, 0.2) is 0 Å². The lowest BCUT2D eigenvalue weighted by molar-refractivity contribution is -0.126. The van der Waals surface area contributed by atoms with E-state index >= 15 is 0 Å². The number of hydrogen-bond donors (Lipinski definition) is 3. The first-order chi connectivity index (χ1) is 17.9. The summed E-state index contributed by atoms with van der Waals surface area (Å²) in [6.07, 6.45) is -1.18. The number of nitrogens with zero attached hydrogens (tertiary/aromatic N) is 1. The minimum absolute atomic E-state index is 0.0592. The van der Waals surface area contributed by atoms with E-state index in [1.807, 2.05) is 42.5 Å². The molecule has 38 heavy (non-hydrogen) atoms. The number of methoxy groups -OCH3 is 1. The molecule has 0 spiro atoms. The van der Waals surface area contributed by atoms with E-state index in [0.29, 0.717) is 5.75 Å². The number of hydrogen-bond acceptors (Lipinski definition) is 7. The number of aliphatic hydroxyl groups excluding tert-OH is 1. The van der Waals surface area contributed by atoms with Gasteiger partial charge in [-0.15, -0.1) is 0 Å². The summed E-state index contributed by atoms with van der Waals surface area (Å²) in [5, 5.41) is 15.2. The highest BCUT2D eigenvalue weighted by atomic mass is 16.6. The number of carbonyl (C=O) groups is 3. The van der Waals surface area contributed by atoms with E-state index in [1.54, 1.807) is 46.9 Å². The Morgan fingerprint density at radius 1 is 0.974 bits per heavy atom. The van der Waals surface area contributed by atoms with Crippen LogP contribution in [-0.2, 0) is 27.3 Å². The SMILES string of the molecule is COc1ccc(C[C@@H](C(=O)N[C@H](C)[C@@H](CO)NC(=O)OC(C)(C)C)N(C)C(=O)OCc2ccccc2)cc1. The van der Waals surface area contributed by atoms with Gasteiger partial charge >= 0.3 is 12.2 Å². The van der Waals surface area contributed by atoms with Crippen LogP contribution in [0.4, 0.5) is 9.59 Å². The van der Waals surface area contributed by atoms with Gasteiger partial charge in [0.25, 0.3) is 0 Å². The van der Waals surface area contributed by atoms with Crippen molar-refractivity contribution in [1.29, 1.82) is 0 Å². The van der Waals surface area contributed by atoms with Gasteiger partial charge in [-0.1, -0.05) is 42.5 Å². The second-order valence-electron chi connectivity index (χ2n) is 9.95. The molecule has 10 heteroatoms. The van der Waals surface area contributed by atoms with Gasteiger partial charge < -0.3 is 30.0 Å². The van der Waals surface area contributed by atoms with Crippen LogP contribution in [0.3, 0.4) is 0 Å². The first kappa shape index (κ1) is 30.4. The number of alkyl carbamates (subject to hydrolysis) is 1. The third kappa shape index (κ3) is 9.93. The minimum Gasteiger partial charge on any atom is -0.497 e. The fourth-order valence-electron chi connectivity index (χ4n) is 3.55. The summed E-state index contributed by atoms with van der Waals surface area (Å²) < 4.78 is 15.9. The topological polar surface area (TPSA) is 126 Å². The molecule has 0 saturated carbocycles. The Bertz CT molecular complexity index is 1040. The zero-order valence-corrected chi connectivity index (χ0v) is 22.9. The Balaban J connectivity index is 2.15. The number of amides is 3. The van der Waals surface area contributed by atoms with Crippen molar-refractivity contribution in [2.24, 2.45) is 0 Å². The van der Waals surface area contributed by atoms with Gasteiger partial charge in [0.1, 0.15) is 24.0 Å². The fourth-order valence-corrected chi connectivity index (χ4v) is 3.55. The number of aliphatic hydroxyl groups is 1. The molecule has 208 valence electrons. The van der Waals surface area contributed by atoms with Gasteiger partial charge in [0.05, 0.1) is 19.8 Å². The first-order valence-corrected chi connectivity index (χ1v) is 12.4. The highest BCUT2D eigenvalue weighted by Crippen LogP contribution is 2.16. The summed E-state index contributed by atoms with van der Waals surface area (Å²) in [5.74, 6) is 0.190. The van der Waals surface area contributed by atoms with Gasteiger partial charge in [0.2, 0.25) is 5.91 Å². The van der Waals surface area contributed by atoms with Crippen LogP contribution >= 0.6 is 0 Å². The average molecular weight is 530 g/mol. The molecule has 3 amide bonds. The largest absolute Gasteiger partial charge is 0.497 e. The van der Waals surface area contributed by atoms with Gasteiger partial charge in [-0.05, 0) is 51.0 Å². The summed E-state index contributed by atoms with van der Waals surface area (Å²) in [6, 6.07) is 14.0. The highest BCUT2D eigenvalue weighted by molar-refractivity contribution is 5.86. The smallest absolute Gasteiger partial charge is 0.410 e. The standard InChI is InChI=1S/C28H39N3O7/c1-19(23(17-32)30-26(34)38-28(2,3)4)29-25(33)24(16-20-12-14-22(36-6)15-13-20)31(5)27(35)37-18-21-10-8-7-9-11-21/h7-15,19,23-24,32H,16-18H2,1-6H3,(H,29,33)(H,30,34)/t19-,23-,24+/m1/s1. The lowest BCUT2D eigenvalue weighted by Gasteiger charge is -2.31. The number of benzene rings is 2. The van der Waals surface area contributed by atoms with Crippen molar-refractivity contribution in [2.75, 3.05) is 20.8 Å². The molecule has 0 unspecified atom stereocenters. The van der Waals surface area contributed by atoms with E-state index in [2.05, 4.69) is 10.6 Å². The second kappa shape index (κ2) is 14.2. The zero-order chi connectivity index (χ0) is 28.3. The molecule has 3 atom stereocenters. The molecule has 0 bridgehead atoms. The molecule has 2 rings (SSSR count). The monoisotopic (exact) mass is 529 g/mol. The molecule has 0 aliphatic rings. The molecule has 0 heterocycles. The minimum atomic E-state index is -0.935. The fraction of sp³-hybridized carbons (Fsp3) is 0.464. The molecular weight excluding hydrogens is 490 g/mol. The number of likely N-dealkylation sites (N-methyl/N-ethyl adjacent to an activating group) is 1. The van der Waals surface area contributed by atoms with Crippen molar-refractivity contribution in [1.82, 2.24) is 15.5 Å². The van der Waals surface area contributed by atoms with Crippen LogP contribution in [0.5, 0.6) is 5.75 Å². The lowest BCUT2D eigenvalue weighted by Crippen LogP contribution is -2.57. The van der Waals surface area contributed by atoms with E-state index in [9.17, 15) is 19.5 Å². The van der Waals surface area contributed by atoms with E-state index in [-0.39, 0.29) is 13.0 Å². The van der Waals surface area contributed by atoms with Crippen molar-refractivity contribution in [3.05, 3.63) is 65.7 Å². The van der Waals surface area contributed by atoms with Gasteiger partial charge in [0, 0.05) is 19.5 Å². The van der Waals surface area contributed by atoms with Crippen LogP contribution in [0.25, 0.3) is 0 Å². The Morgan fingerprint density at radius 3 is 2.16 bits per heavy atom. The van der Waals surface area contributed by atoms with Crippen LogP contribution < -0.4 is 15.4 Å². The zero-order valence-electron chi connectivity index (χ0n) is 22.9. The van der Waals surface area contributed by atoms with Crippen molar-refractivity contribution in [2.45, 2.75) is 64.4 Å². The van der Waals surface area contributed by atoms with Gasteiger partial charge in [-0.25, -0.2) is 9.59 Å². The maximum Gasteiger partial charge on any atom is 0.410 e. The van der Waals surface area contributed by atoms with Crippen molar-refractivity contribution in [3.8, 4) is 5.75 Å². The second-order valence-corrected chi connectivity index (χ2v) is 9.95. The third-order valence-electron chi connectivity index (χ3n) is 5.72. The summed E-state index contributed by atoms with van der Waals surface area (Å²) >= 11 is 0. The van der Waals surface area contributed by atoms with Gasteiger partial charge in [-0.2, -0.15) is 0 Å². The maximum absolute atomic E-state index is 13.4. The Morgan fingerprint density at radius 2 is 1.61 bits per heavy atom. The molecule has 10 nitrogen and oxygen atoms in total. The average Bonchev–Trinajstić information content (AvgIpc) is 2.88. The number of nitrogens with one attached hydrogen (secondary N) is 2. The molecule has 0 aliphatic heterocycles. The normalized spacial score (nSPS) is 13.4. The third-order valence-corrected chi connectivity index (χ3v) is 5.72. The molecular formula is C28H39N3O7. The molecule has 0 saturated heterocycles. The van der Waals surface area contributed by atoms with Crippen LogP contribution in [0.15, 0.2) is 54.6 Å². The molecule has 0 aliphatic carbocycles. The first-order valence-electron chi connectivity index (χ1n) is 12.4. The predicted molar refractivity (Wildman–Crippen MR) is 143 cm³/mol. The Hall–Kier alpha value is -3.79. The number of rotatable bonds is 11.